The molecular weight excluding hydrogens is 529 g/mol. The van der Waals surface area contributed by atoms with Crippen molar-refractivity contribution < 1.29 is 18.7 Å². The molecule has 3 aromatic heterocycles. The number of anilines is 1. The SMILES string of the molecule is O=C(Nc1nc2ccc(Sc3nnc4ccc(-c5ccc(F)cc5)nn34)cc2s1)OCCN1CCOCC1. The molecule has 0 atom stereocenters. The number of carbonyl (C=O) groups excluding carboxylic acids is 1. The van der Waals surface area contributed by atoms with Gasteiger partial charge >= 0.3 is 6.09 Å². The number of nitrogens with one attached hydrogen (secondary N) is 1. The number of aromatic nitrogens is 5. The molecule has 0 bridgehead atoms. The van der Waals surface area contributed by atoms with Crippen LogP contribution in [0.3, 0.4) is 0 Å². The molecule has 194 valence electrons. The number of carbonyl (C=O) groups is 1. The van der Waals surface area contributed by atoms with E-state index in [4.69, 9.17) is 9.47 Å². The van der Waals surface area contributed by atoms with Gasteiger partial charge < -0.3 is 9.47 Å². The largest absolute Gasteiger partial charge is 0.448 e. The van der Waals surface area contributed by atoms with Gasteiger partial charge in [-0.05, 0) is 66.4 Å². The van der Waals surface area contributed by atoms with E-state index in [0.717, 1.165) is 33.8 Å². The molecule has 0 radical (unpaired) electrons. The maximum atomic E-state index is 13.3. The summed E-state index contributed by atoms with van der Waals surface area (Å²) in [4.78, 5) is 19.8. The average molecular weight is 552 g/mol. The molecule has 5 aromatic rings. The number of rotatable bonds is 7. The fraction of sp³-hybridized carbons (Fsp3) is 0.240. The van der Waals surface area contributed by atoms with Crippen molar-refractivity contribution in [2.45, 2.75) is 10.1 Å². The van der Waals surface area contributed by atoms with E-state index >= 15 is 0 Å². The predicted octanol–water partition coefficient (Wildman–Crippen LogP) is 4.57. The van der Waals surface area contributed by atoms with Crippen LogP contribution in [0.1, 0.15) is 0 Å². The Morgan fingerprint density at radius 2 is 1.95 bits per heavy atom. The molecule has 1 aliphatic heterocycles. The number of fused-ring (bicyclic) bond motifs is 2. The number of morpholine rings is 1. The summed E-state index contributed by atoms with van der Waals surface area (Å²) < 4.78 is 26.5. The lowest BCUT2D eigenvalue weighted by Crippen LogP contribution is -2.38. The van der Waals surface area contributed by atoms with E-state index < -0.39 is 6.09 Å². The quantitative estimate of drug-likeness (QED) is 0.311. The first-order valence-electron chi connectivity index (χ1n) is 11.9. The highest BCUT2D eigenvalue weighted by Crippen LogP contribution is 2.33. The van der Waals surface area contributed by atoms with Gasteiger partial charge in [-0.1, -0.05) is 11.3 Å². The molecule has 1 fully saturated rings. The third-order valence-electron chi connectivity index (χ3n) is 5.90. The zero-order chi connectivity index (χ0) is 25.9. The van der Waals surface area contributed by atoms with Gasteiger partial charge in [0.15, 0.2) is 10.8 Å². The van der Waals surface area contributed by atoms with Crippen molar-refractivity contribution in [3.8, 4) is 11.3 Å². The number of halogens is 1. The third-order valence-corrected chi connectivity index (χ3v) is 7.76. The minimum Gasteiger partial charge on any atom is -0.448 e. The van der Waals surface area contributed by atoms with Crippen LogP contribution < -0.4 is 5.32 Å². The molecule has 6 rings (SSSR count). The lowest BCUT2D eigenvalue weighted by atomic mass is 10.1. The van der Waals surface area contributed by atoms with E-state index in [1.807, 2.05) is 30.3 Å². The molecule has 1 amide bonds. The Morgan fingerprint density at radius 1 is 1.11 bits per heavy atom. The van der Waals surface area contributed by atoms with Crippen molar-refractivity contribution >= 4 is 50.2 Å². The molecule has 0 saturated carbocycles. The van der Waals surface area contributed by atoms with Crippen molar-refractivity contribution in [1.82, 2.24) is 29.7 Å². The summed E-state index contributed by atoms with van der Waals surface area (Å²) in [5.74, 6) is -0.298. The van der Waals surface area contributed by atoms with Gasteiger partial charge in [0.05, 0.1) is 29.1 Å². The zero-order valence-electron chi connectivity index (χ0n) is 20.0. The van der Waals surface area contributed by atoms with Crippen molar-refractivity contribution in [3.05, 3.63) is 60.4 Å². The summed E-state index contributed by atoms with van der Waals surface area (Å²) in [7, 11) is 0. The number of nitrogens with zero attached hydrogens (tertiary/aromatic N) is 6. The molecule has 38 heavy (non-hydrogen) atoms. The molecule has 2 aromatic carbocycles. The van der Waals surface area contributed by atoms with E-state index in [1.165, 1.54) is 35.2 Å². The standard InChI is InChI=1S/C25H22FN7O3S2/c26-17-3-1-16(2-4-17)19-7-8-22-29-30-24(33(22)31-19)37-18-5-6-20-21(15-18)38-23(27-20)28-25(34)36-14-11-32-9-12-35-13-10-32/h1-8,15H,9-14H2,(H,27,28,34). The van der Waals surface area contributed by atoms with Gasteiger partial charge in [0.1, 0.15) is 12.4 Å². The van der Waals surface area contributed by atoms with E-state index in [0.29, 0.717) is 48.0 Å². The highest BCUT2D eigenvalue weighted by Gasteiger charge is 2.14. The van der Waals surface area contributed by atoms with Gasteiger partial charge in [-0.2, -0.15) is 9.61 Å². The smallest absolute Gasteiger partial charge is 0.413 e. The number of ether oxygens (including phenoxy) is 2. The van der Waals surface area contributed by atoms with Gasteiger partial charge in [0.2, 0.25) is 5.16 Å². The summed E-state index contributed by atoms with van der Waals surface area (Å²) >= 11 is 2.78. The van der Waals surface area contributed by atoms with Crippen LogP contribution in [0.25, 0.3) is 27.1 Å². The van der Waals surface area contributed by atoms with Gasteiger partial charge in [0.25, 0.3) is 0 Å². The number of amides is 1. The van der Waals surface area contributed by atoms with E-state index in [1.54, 1.807) is 16.6 Å². The second-order valence-electron chi connectivity index (χ2n) is 8.44. The Bertz CT molecular complexity index is 1590. The van der Waals surface area contributed by atoms with Gasteiger partial charge in [-0.15, -0.1) is 10.2 Å². The van der Waals surface area contributed by atoms with Crippen LogP contribution in [0.2, 0.25) is 0 Å². The van der Waals surface area contributed by atoms with Crippen LogP contribution >= 0.6 is 23.1 Å². The van der Waals surface area contributed by atoms with Gasteiger partial charge in [0, 0.05) is 30.1 Å². The van der Waals surface area contributed by atoms with Crippen LogP contribution in [0.15, 0.2) is 64.6 Å². The normalized spacial score (nSPS) is 14.2. The Balaban J connectivity index is 1.13. The number of hydrogen-bond donors (Lipinski definition) is 1. The fourth-order valence-corrected chi connectivity index (χ4v) is 5.74. The first-order chi connectivity index (χ1) is 18.6. The monoisotopic (exact) mass is 551 g/mol. The average Bonchev–Trinajstić information content (AvgIpc) is 3.52. The molecule has 1 saturated heterocycles. The van der Waals surface area contributed by atoms with Crippen LogP contribution in [-0.2, 0) is 9.47 Å². The number of hydrogen-bond acceptors (Lipinski definition) is 10. The summed E-state index contributed by atoms with van der Waals surface area (Å²) in [6.45, 7) is 4.09. The Kier molecular flexibility index (Phi) is 7.14. The van der Waals surface area contributed by atoms with Crippen molar-refractivity contribution in [1.29, 1.82) is 0 Å². The summed E-state index contributed by atoms with van der Waals surface area (Å²) in [6.07, 6.45) is -0.523. The predicted molar refractivity (Wildman–Crippen MR) is 142 cm³/mol. The molecular formula is C25H22FN7O3S2. The lowest BCUT2D eigenvalue weighted by molar-refractivity contribution is 0.0290. The maximum absolute atomic E-state index is 13.3. The Hall–Kier alpha value is -3.65. The van der Waals surface area contributed by atoms with Crippen LogP contribution in [0, 0.1) is 5.82 Å². The highest BCUT2D eigenvalue weighted by atomic mass is 32.2. The molecule has 0 unspecified atom stereocenters. The third kappa shape index (κ3) is 5.60. The molecule has 4 heterocycles. The molecule has 0 spiro atoms. The second kappa shape index (κ2) is 11.0. The Morgan fingerprint density at radius 3 is 2.79 bits per heavy atom. The summed E-state index contributed by atoms with van der Waals surface area (Å²) in [5.41, 5.74) is 2.86. The number of thiazole rings is 1. The zero-order valence-corrected chi connectivity index (χ0v) is 21.7. The Labute approximate surface area is 224 Å². The fourth-order valence-electron chi connectivity index (χ4n) is 3.95. The lowest BCUT2D eigenvalue weighted by Gasteiger charge is -2.26. The first kappa shape index (κ1) is 24.7. The molecule has 10 nitrogen and oxygen atoms in total. The van der Waals surface area contributed by atoms with Crippen molar-refractivity contribution in [3.63, 3.8) is 0 Å². The van der Waals surface area contributed by atoms with Gasteiger partial charge in [-0.25, -0.2) is 14.2 Å². The van der Waals surface area contributed by atoms with Crippen molar-refractivity contribution in [2.24, 2.45) is 0 Å². The van der Waals surface area contributed by atoms with Crippen LogP contribution in [0.5, 0.6) is 0 Å². The van der Waals surface area contributed by atoms with Crippen LogP contribution in [-0.4, -0.2) is 75.2 Å². The molecule has 1 aliphatic rings. The number of benzene rings is 2. The van der Waals surface area contributed by atoms with Gasteiger partial charge in [-0.3, -0.25) is 10.2 Å². The molecule has 13 heteroatoms. The summed E-state index contributed by atoms with van der Waals surface area (Å²) in [5, 5.41) is 16.9. The first-order valence-corrected chi connectivity index (χ1v) is 13.5. The van der Waals surface area contributed by atoms with E-state index in [-0.39, 0.29) is 5.82 Å². The molecule has 1 N–H and O–H groups in total. The van der Waals surface area contributed by atoms with E-state index in [2.05, 4.69) is 30.5 Å². The topological polar surface area (TPSA) is 107 Å². The minimum absolute atomic E-state index is 0.298. The minimum atomic E-state index is -0.523. The van der Waals surface area contributed by atoms with Crippen LogP contribution in [0.4, 0.5) is 14.3 Å². The van der Waals surface area contributed by atoms with Crippen molar-refractivity contribution in [2.75, 3.05) is 44.8 Å². The highest BCUT2D eigenvalue weighted by molar-refractivity contribution is 7.99. The molecule has 0 aliphatic carbocycles. The summed E-state index contributed by atoms with van der Waals surface area (Å²) in [6, 6.07) is 15.6. The van der Waals surface area contributed by atoms with E-state index in [9.17, 15) is 9.18 Å². The second-order valence-corrected chi connectivity index (χ2v) is 10.5. The maximum Gasteiger partial charge on any atom is 0.413 e.